The Labute approximate surface area is 148 Å². The Bertz CT molecular complexity index is 587. The number of carbonyl (C=O) groups excluding carboxylic acids is 1. The molecule has 1 aromatic rings. The van der Waals surface area contributed by atoms with Gasteiger partial charge in [0.05, 0.1) is 26.2 Å². The summed E-state index contributed by atoms with van der Waals surface area (Å²) in [7, 11) is 1.39. The second-order valence-electron chi connectivity index (χ2n) is 7.09. The SMILES string of the molecule is COC(=O)C[C@@H](C)[C@H]1O[C@@H]2OC(C)(C)O[C@@H]2[C@H]1OCc1ccccc1. The fraction of sp³-hybridized carbons (Fsp3) is 0.632. The zero-order valence-corrected chi connectivity index (χ0v) is 15.1. The third-order valence-electron chi connectivity index (χ3n) is 4.59. The topological polar surface area (TPSA) is 63.2 Å². The highest BCUT2D eigenvalue weighted by atomic mass is 16.8. The van der Waals surface area contributed by atoms with E-state index >= 15 is 0 Å². The van der Waals surface area contributed by atoms with Gasteiger partial charge in [0.15, 0.2) is 12.1 Å². The maximum atomic E-state index is 11.6. The minimum absolute atomic E-state index is 0.0749. The summed E-state index contributed by atoms with van der Waals surface area (Å²) in [5, 5.41) is 0. The standard InChI is InChI=1S/C19H26O6/c1-12(10-14(20)21-4)15-16(22-11-13-8-6-5-7-9-13)17-18(23-15)25-19(2,3)24-17/h5-9,12,15-18H,10-11H2,1-4H3/t12-,15-,16+,17-,18-/m1/s1. The lowest BCUT2D eigenvalue weighted by molar-refractivity contribution is -0.225. The van der Waals surface area contributed by atoms with Gasteiger partial charge in [-0.3, -0.25) is 4.79 Å². The molecule has 138 valence electrons. The van der Waals surface area contributed by atoms with Gasteiger partial charge in [-0.25, -0.2) is 0 Å². The van der Waals surface area contributed by atoms with Crippen LogP contribution < -0.4 is 0 Å². The Balaban J connectivity index is 1.71. The van der Waals surface area contributed by atoms with Crippen LogP contribution in [0.5, 0.6) is 0 Å². The monoisotopic (exact) mass is 350 g/mol. The summed E-state index contributed by atoms with van der Waals surface area (Å²) < 4.78 is 28.8. The van der Waals surface area contributed by atoms with Crippen LogP contribution in [-0.4, -0.2) is 43.5 Å². The first kappa shape index (κ1) is 18.3. The van der Waals surface area contributed by atoms with E-state index in [-0.39, 0.29) is 36.6 Å². The Hall–Kier alpha value is -1.47. The quantitative estimate of drug-likeness (QED) is 0.735. The highest BCUT2D eigenvalue weighted by molar-refractivity contribution is 5.69. The normalized spacial score (nSPS) is 31.5. The molecule has 1 aromatic carbocycles. The fourth-order valence-corrected chi connectivity index (χ4v) is 3.38. The Morgan fingerprint density at radius 3 is 2.64 bits per heavy atom. The molecule has 2 saturated heterocycles. The molecule has 6 heteroatoms. The van der Waals surface area contributed by atoms with Gasteiger partial charge in [0.1, 0.15) is 12.2 Å². The highest BCUT2D eigenvalue weighted by Gasteiger charge is 2.56. The van der Waals surface area contributed by atoms with Gasteiger partial charge in [-0.2, -0.15) is 0 Å². The molecule has 0 unspecified atom stereocenters. The first-order chi connectivity index (χ1) is 11.9. The second-order valence-corrected chi connectivity index (χ2v) is 7.09. The summed E-state index contributed by atoms with van der Waals surface area (Å²) in [6.45, 7) is 6.11. The van der Waals surface area contributed by atoms with E-state index in [0.29, 0.717) is 6.61 Å². The van der Waals surface area contributed by atoms with Crippen molar-refractivity contribution in [3.63, 3.8) is 0 Å². The van der Waals surface area contributed by atoms with E-state index in [4.69, 9.17) is 23.7 Å². The van der Waals surface area contributed by atoms with Gasteiger partial charge in [0, 0.05) is 0 Å². The molecule has 25 heavy (non-hydrogen) atoms. The summed E-state index contributed by atoms with van der Waals surface area (Å²) >= 11 is 0. The number of esters is 1. The zero-order valence-electron chi connectivity index (χ0n) is 15.1. The van der Waals surface area contributed by atoms with Crippen LogP contribution in [0.2, 0.25) is 0 Å². The van der Waals surface area contributed by atoms with E-state index in [0.717, 1.165) is 5.56 Å². The number of ether oxygens (including phenoxy) is 5. The van der Waals surface area contributed by atoms with Crippen molar-refractivity contribution in [2.75, 3.05) is 7.11 Å². The van der Waals surface area contributed by atoms with Crippen molar-refractivity contribution in [1.82, 2.24) is 0 Å². The molecule has 0 aliphatic carbocycles. The number of methoxy groups -OCH3 is 1. The van der Waals surface area contributed by atoms with Gasteiger partial charge >= 0.3 is 5.97 Å². The van der Waals surface area contributed by atoms with E-state index in [1.165, 1.54) is 7.11 Å². The molecule has 3 rings (SSSR count). The third kappa shape index (κ3) is 4.20. The Morgan fingerprint density at radius 2 is 1.96 bits per heavy atom. The van der Waals surface area contributed by atoms with E-state index in [9.17, 15) is 4.79 Å². The molecular formula is C19H26O6. The first-order valence-corrected chi connectivity index (χ1v) is 8.63. The predicted molar refractivity (Wildman–Crippen MR) is 89.5 cm³/mol. The van der Waals surface area contributed by atoms with E-state index < -0.39 is 12.1 Å². The van der Waals surface area contributed by atoms with Crippen LogP contribution >= 0.6 is 0 Å². The van der Waals surface area contributed by atoms with Crippen LogP contribution in [0.1, 0.15) is 32.8 Å². The maximum absolute atomic E-state index is 11.6. The summed E-state index contributed by atoms with van der Waals surface area (Å²) in [4.78, 5) is 11.6. The van der Waals surface area contributed by atoms with Gasteiger partial charge < -0.3 is 23.7 Å². The molecular weight excluding hydrogens is 324 g/mol. The van der Waals surface area contributed by atoms with E-state index in [1.54, 1.807) is 0 Å². The molecule has 2 fully saturated rings. The lowest BCUT2D eigenvalue weighted by Gasteiger charge is -2.29. The molecule has 6 nitrogen and oxygen atoms in total. The lowest BCUT2D eigenvalue weighted by atomic mass is 9.95. The summed E-state index contributed by atoms with van der Waals surface area (Å²) in [5.41, 5.74) is 1.07. The van der Waals surface area contributed by atoms with E-state index in [1.807, 2.05) is 51.1 Å². The molecule has 0 radical (unpaired) electrons. The molecule has 2 aliphatic heterocycles. The van der Waals surface area contributed by atoms with Crippen LogP contribution in [-0.2, 0) is 35.1 Å². The number of benzene rings is 1. The van der Waals surface area contributed by atoms with Crippen LogP contribution in [0.15, 0.2) is 30.3 Å². The van der Waals surface area contributed by atoms with Gasteiger partial charge in [0.25, 0.3) is 0 Å². The van der Waals surface area contributed by atoms with Crippen molar-refractivity contribution in [1.29, 1.82) is 0 Å². The van der Waals surface area contributed by atoms with Crippen molar-refractivity contribution in [2.24, 2.45) is 5.92 Å². The molecule has 0 spiro atoms. The van der Waals surface area contributed by atoms with E-state index in [2.05, 4.69) is 0 Å². The predicted octanol–water partition coefficient (Wildman–Crippen LogP) is 2.65. The van der Waals surface area contributed by atoms with Crippen molar-refractivity contribution >= 4 is 5.97 Å². The Kier molecular flexibility index (Phi) is 5.43. The Morgan fingerprint density at radius 1 is 1.24 bits per heavy atom. The van der Waals surface area contributed by atoms with Gasteiger partial charge in [0.2, 0.25) is 0 Å². The lowest BCUT2D eigenvalue weighted by Crippen LogP contribution is -2.40. The summed E-state index contributed by atoms with van der Waals surface area (Å²) in [5.74, 6) is -1.05. The number of fused-ring (bicyclic) bond motifs is 1. The largest absolute Gasteiger partial charge is 0.469 e. The third-order valence-corrected chi connectivity index (χ3v) is 4.59. The summed E-state index contributed by atoms with van der Waals surface area (Å²) in [6, 6.07) is 9.94. The number of hydrogen-bond donors (Lipinski definition) is 0. The highest BCUT2D eigenvalue weighted by Crippen LogP contribution is 2.41. The average molecular weight is 350 g/mol. The molecule has 2 heterocycles. The maximum Gasteiger partial charge on any atom is 0.305 e. The molecule has 0 amide bonds. The van der Waals surface area contributed by atoms with Crippen LogP contribution in [0, 0.1) is 5.92 Å². The number of hydrogen-bond acceptors (Lipinski definition) is 6. The van der Waals surface area contributed by atoms with Crippen molar-refractivity contribution in [3.05, 3.63) is 35.9 Å². The number of carbonyl (C=O) groups is 1. The average Bonchev–Trinajstić information content (AvgIpc) is 3.05. The summed E-state index contributed by atoms with van der Waals surface area (Å²) in [6.07, 6.45) is -1.15. The van der Waals surface area contributed by atoms with Gasteiger partial charge in [-0.05, 0) is 25.3 Å². The molecule has 0 aromatic heterocycles. The first-order valence-electron chi connectivity index (χ1n) is 8.63. The van der Waals surface area contributed by atoms with Gasteiger partial charge in [-0.1, -0.05) is 37.3 Å². The second kappa shape index (κ2) is 7.41. The van der Waals surface area contributed by atoms with Crippen LogP contribution in [0.3, 0.4) is 0 Å². The number of rotatable bonds is 6. The minimum Gasteiger partial charge on any atom is -0.469 e. The smallest absolute Gasteiger partial charge is 0.305 e. The molecule has 2 aliphatic rings. The zero-order chi connectivity index (χ0) is 18.0. The fourth-order valence-electron chi connectivity index (χ4n) is 3.38. The van der Waals surface area contributed by atoms with Crippen molar-refractivity contribution in [3.8, 4) is 0 Å². The molecule has 0 N–H and O–H groups in total. The van der Waals surface area contributed by atoms with Crippen LogP contribution in [0.4, 0.5) is 0 Å². The van der Waals surface area contributed by atoms with Crippen molar-refractivity contribution in [2.45, 2.75) is 64.2 Å². The minimum atomic E-state index is -0.708. The molecule has 5 atom stereocenters. The van der Waals surface area contributed by atoms with Gasteiger partial charge in [-0.15, -0.1) is 0 Å². The molecule has 0 saturated carbocycles. The van der Waals surface area contributed by atoms with Crippen molar-refractivity contribution < 1.29 is 28.5 Å². The molecule has 0 bridgehead atoms. The van der Waals surface area contributed by atoms with Crippen LogP contribution in [0.25, 0.3) is 0 Å².